The molecule has 0 fully saturated rings. The van der Waals surface area contributed by atoms with Gasteiger partial charge in [0.25, 0.3) is 0 Å². The summed E-state index contributed by atoms with van der Waals surface area (Å²) in [5, 5.41) is 4.20. The second-order valence-corrected chi connectivity index (χ2v) is 4.23. The van der Waals surface area contributed by atoms with Gasteiger partial charge in [0.15, 0.2) is 5.82 Å². The average Bonchev–Trinajstić information content (AvgIpc) is 2.60. The molecule has 2 aromatic rings. The van der Waals surface area contributed by atoms with E-state index < -0.39 is 0 Å². The molecule has 0 bridgehead atoms. The summed E-state index contributed by atoms with van der Waals surface area (Å²) in [5.41, 5.74) is 3.15. The third-order valence-electron chi connectivity index (χ3n) is 2.74. The highest BCUT2D eigenvalue weighted by atomic mass is 15.3. The number of hydrogen-bond donors (Lipinski definition) is 0. The molecule has 0 radical (unpaired) electrons. The SMILES string of the molecule is Cc1c(-c2nccc(C(C)C)n2)cnn1C. The Morgan fingerprint density at radius 3 is 2.62 bits per heavy atom. The van der Waals surface area contributed by atoms with E-state index in [0.717, 1.165) is 22.8 Å². The largest absolute Gasteiger partial charge is 0.272 e. The topological polar surface area (TPSA) is 43.6 Å². The van der Waals surface area contributed by atoms with E-state index in [1.54, 1.807) is 0 Å². The summed E-state index contributed by atoms with van der Waals surface area (Å²) in [6.07, 6.45) is 3.62. The third-order valence-corrected chi connectivity index (χ3v) is 2.74. The van der Waals surface area contributed by atoms with Crippen LogP contribution in [0.1, 0.15) is 31.2 Å². The van der Waals surface area contributed by atoms with E-state index in [2.05, 4.69) is 28.9 Å². The molecule has 0 saturated carbocycles. The fourth-order valence-electron chi connectivity index (χ4n) is 1.54. The van der Waals surface area contributed by atoms with E-state index in [1.807, 2.05) is 37.1 Å². The van der Waals surface area contributed by atoms with Gasteiger partial charge in [0.2, 0.25) is 0 Å². The van der Waals surface area contributed by atoms with Gasteiger partial charge in [-0.25, -0.2) is 9.97 Å². The fourth-order valence-corrected chi connectivity index (χ4v) is 1.54. The minimum Gasteiger partial charge on any atom is -0.272 e. The van der Waals surface area contributed by atoms with Gasteiger partial charge in [0.05, 0.1) is 11.8 Å². The Labute approximate surface area is 95.4 Å². The highest BCUT2D eigenvalue weighted by Crippen LogP contribution is 2.20. The fraction of sp³-hybridized carbons (Fsp3) is 0.417. The van der Waals surface area contributed by atoms with Crippen LogP contribution >= 0.6 is 0 Å². The van der Waals surface area contributed by atoms with Crippen LogP contribution in [0.2, 0.25) is 0 Å². The van der Waals surface area contributed by atoms with Crippen LogP contribution in [0.25, 0.3) is 11.4 Å². The maximum atomic E-state index is 4.55. The molecular weight excluding hydrogens is 200 g/mol. The molecule has 4 heteroatoms. The van der Waals surface area contributed by atoms with Crippen LogP contribution in [-0.4, -0.2) is 19.7 Å². The van der Waals surface area contributed by atoms with E-state index in [9.17, 15) is 0 Å². The zero-order chi connectivity index (χ0) is 11.7. The second kappa shape index (κ2) is 4.04. The quantitative estimate of drug-likeness (QED) is 0.773. The number of rotatable bonds is 2. The van der Waals surface area contributed by atoms with Gasteiger partial charge in [-0.1, -0.05) is 13.8 Å². The van der Waals surface area contributed by atoms with Gasteiger partial charge in [-0.2, -0.15) is 5.10 Å². The first kappa shape index (κ1) is 10.8. The Balaban J connectivity index is 2.48. The summed E-state index contributed by atoms with van der Waals surface area (Å²) >= 11 is 0. The lowest BCUT2D eigenvalue weighted by Gasteiger charge is -2.05. The molecule has 0 aliphatic rings. The lowest BCUT2D eigenvalue weighted by atomic mass is 10.1. The Hall–Kier alpha value is -1.71. The monoisotopic (exact) mass is 216 g/mol. The summed E-state index contributed by atoms with van der Waals surface area (Å²) in [4.78, 5) is 8.85. The van der Waals surface area contributed by atoms with Crippen LogP contribution in [-0.2, 0) is 7.05 Å². The van der Waals surface area contributed by atoms with Gasteiger partial charge in [-0.3, -0.25) is 4.68 Å². The molecule has 16 heavy (non-hydrogen) atoms. The molecule has 0 atom stereocenters. The van der Waals surface area contributed by atoms with Crippen molar-refractivity contribution in [3.63, 3.8) is 0 Å². The van der Waals surface area contributed by atoms with Crippen molar-refractivity contribution >= 4 is 0 Å². The first-order chi connectivity index (χ1) is 7.59. The lowest BCUT2D eigenvalue weighted by molar-refractivity contribution is 0.740. The number of hydrogen-bond acceptors (Lipinski definition) is 3. The molecule has 0 aliphatic carbocycles. The summed E-state index contributed by atoms with van der Waals surface area (Å²) in [7, 11) is 1.92. The number of aromatic nitrogens is 4. The van der Waals surface area contributed by atoms with E-state index in [-0.39, 0.29) is 0 Å². The maximum absolute atomic E-state index is 4.55. The second-order valence-electron chi connectivity index (χ2n) is 4.23. The Bertz CT molecular complexity index is 499. The van der Waals surface area contributed by atoms with Crippen LogP contribution in [0.5, 0.6) is 0 Å². The van der Waals surface area contributed by atoms with Crippen LogP contribution in [0.15, 0.2) is 18.5 Å². The number of aryl methyl sites for hydroxylation is 1. The van der Waals surface area contributed by atoms with E-state index in [1.165, 1.54) is 0 Å². The number of nitrogens with zero attached hydrogens (tertiary/aromatic N) is 4. The normalized spacial score (nSPS) is 11.1. The lowest BCUT2D eigenvalue weighted by Crippen LogP contribution is -1.98. The molecular formula is C12H16N4. The van der Waals surface area contributed by atoms with Crippen LogP contribution in [0.3, 0.4) is 0 Å². The molecule has 2 aromatic heterocycles. The molecule has 84 valence electrons. The molecule has 0 aromatic carbocycles. The van der Waals surface area contributed by atoms with E-state index >= 15 is 0 Å². The van der Waals surface area contributed by atoms with Crippen molar-refractivity contribution in [2.75, 3.05) is 0 Å². The predicted octanol–water partition coefficient (Wildman–Crippen LogP) is 2.31. The van der Waals surface area contributed by atoms with Gasteiger partial charge in [0.1, 0.15) is 0 Å². The van der Waals surface area contributed by atoms with Gasteiger partial charge in [0, 0.05) is 24.6 Å². The van der Waals surface area contributed by atoms with Gasteiger partial charge >= 0.3 is 0 Å². The zero-order valence-corrected chi connectivity index (χ0v) is 10.1. The van der Waals surface area contributed by atoms with Crippen molar-refractivity contribution in [3.8, 4) is 11.4 Å². The van der Waals surface area contributed by atoms with Crippen molar-refractivity contribution in [2.45, 2.75) is 26.7 Å². The van der Waals surface area contributed by atoms with Crippen LogP contribution in [0.4, 0.5) is 0 Å². The summed E-state index contributed by atoms with van der Waals surface area (Å²) in [5.74, 6) is 1.18. The molecule has 4 nitrogen and oxygen atoms in total. The third kappa shape index (κ3) is 1.83. The summed E-state index contributed by atoms with van der Waals surface area (Å²) in [6.45, 7) is 6.28. The molecule has 0 saturated heterocycles. The van der Waals surface area contributed by atoms with Crippen molar-refractivity contribution in [3.05, 3.63) is 29.8 Å². The average molecular weight is 216 g/mol. The van der Waals surface area contributed by atoms with E-state index in [4.69, 9.17) is 0 Å². The highest BCUT2D eigenvalue weighted by molar-refractivity contribution is 5.56. The predicted molar refractivity (Wildman–Crippen MR) is 63.1 cm³/mol. The molecule has 0 unspecified atom stereocenters. The smallest absolute Gasteiger partial charge is 0.162 e. The van der Waals surface area contributed by atoms with Gasteiger partial charge in [-0.15, -0.1) is 0 Å². The van der Waals surface area contributed by atoms with Crippen LogP contribution in [0, 0.1) is 6.92 Å². The Morgan fingerprint density at radius 2 is 2.06 bits per heavy atom. The van der Waals surface area contributed by atoms with Crippen LogP contribution < -0.4 is 0 Å². The molecule has 2 rings (SSSR count). The van der Waals surface area contributed by atoms with E-state index in [0.29, 0.717) is 5.92 Å². The van der Waals surface area contributed by atoms with Gasteiger partial charge < -0.3 is 0 Å². The van der Waals surface area contributed by atoms with Crippen molar-refractivity contribution < 1.29 is 0 Å². The van der Waals surface area contributed by atoms with Gasteiger partial charge in [-0.05, 0) is 18.9 Å². The summed E-state index contributed by atoms with van der Waals surface area (Å²) in [6, 6.07) is 1.96. The zero-order valence-electron chi connectivity index (χ0n) is 10.1. The highest BCUT2D eigenvalue weighted by Gasteiger charge is 2.10. The van der Waals surface area contributed by atoms with Crippen molar-refractivity contribution in [1.82, 2.24) is 19.7 Å². The molecule has 0 N–H and O–H groups in total. The van der Waals surface area contributed by atoms with Crippen molar-refractivity contribution in [2.24, 2.45) is 7.05 Å². The minimum atomic E-state index is 0.415. The Kier molecular flexibility index (Phi) is 2.73. The maximum Gasteiger partial charge on any atom is 0.162 e. The molecule has 2 heterocycles. The first-order valence-corrected chi connectivity index (χ1v) is 5.41. The van der Waals surface area contributed by atoms with Crippen molar-refractivity contribution in [1.29, 1.82) is 0 Å². The minimum absolute atomic E-state index is 0.415. The standard InChI is InChI=1S/C12H16N4/c1-8(2)11-5-6-13-12(15-11)10-7-14-16(4)9(10)3/h5-8H,1-4H3. The molecule has 0 spiro atoms. The Morgan fingerprint density at radius 1 is 1.31 bits per heavy atom. The summed E-state index contributed by atoms with van der Waals surface area (Å²) < 4.78 is 1.83. The molecule has 0 aliphatic heterocycles. The first-order valence-electron chi connectivity index (χ1n) is 5.41. The molecule has 0 amide bonds.